The van der Waals surface area contributed by atoms with Gasteiger partial charge in [-0.25, -0.2) is 4.68 Å². The first-order chi connectivity index (χ1) is 9.99. The van der Waals surface area contributed by atoms with E-state index >= 15 is 0 Å². The molecule has 0 bridgehead atoms. The van der Waals surface area contributed by atoms with Gasteiger partial charge in [0.15, 0.2) is 5.76 Å². The average molecular weight is 309 g/mol. The number of nitrogens with zero attached hydrogens (tertiary/aromatic N) is 3. The standard InChI is InChI=1S/C13H19N5O2S/c1-8(2)9(3)15-11(19)7-21-13-17-16-12(18(13)14)10-5-4-6-20-10/h4-6,8-9H,7,14H2,1-3H3,(H,15,19). The number of thioether (sulfide) groups is 1. The number of nitrogens with one attached hydrogen (secondary N) is 1. The summed E-state index contributed by atoms with van der Waals surface area (Å²) in [6.45, 7) is 6.10. The molecule has 0 fully saturated rings. The van der Waals surface area contributed by atoms with Gasteiger partial charge in [0.2, 0.25) is 16.9 Å². The number of furan rings is 1. The Morgan fingerprint density at radius 3 is 2.86 bits per heavy atom. The average Bonchev–Trinajstić information content (AvgIpc) is 3.05. The maximum Gasteiger partial charge on any atom is 0.230 e. The molecular formula is C13H19N5O2S. The quantitative estimate of drug-likeness (QED) is 0.620. The molecule has 0 saturated heterocycles. The smallest absolute Gasteiger partial charge is 0.230 e. The molecule has 2 heterocycles. The number of nitrogen functional groups attached to an aromatic ring is 1. The predicted octanol–water partition coefficient (Wildman–Crippen LogP) is 1.50. The topological polar surface area (TPSA) is 99.0 Å². The van der Waals surface area contributed by atoms with Gasteiger partial charge in [-0.3, -0.25) is 4.79 Å². The minimum atomic E-state index is -0.0521. The fourth-order valence-corrected chi connectivity index (χ4v) is 2.21. The number of carbonyl (C=O) groups is 1. The fourth-order valence-electron chi connectivity index (χ4n) is 1.54. The van der Waals surface area contributed by atoms with E-state index in [0.29, 0.717) is 22.7 Å². The van der Waals surface area contributed by atoms with Crippen molar-refractivity contribution in [1.82, 2.24) is 20.2 Å². The van der Waals surface area contributed by atoms with Gasteiger partial charge in [0.05, 0.1) is 12.0 Å². The van der Waals surface area contributed by atoms with Gasteiger partial charge in [0.1, 0.15) is 0 Å². The molecule has 0 aliphatic carbocycles. The van der Waals surface area contributed by atoms with Gasteiger partial charge < -0.3 is 15.6 Å². The highest BCUT2D eigenvalue weighted by Crippen LogP contribution is 2.21. The highest BCUT2D eigenvalue weighted by molar-refractivity contribution is 7.99. The summed E-state index contributed by atoms with van der Waals surface area (Å²) in [5.41, 5.74) is 0. The van der Waals surface area contributed by atoms with Crippen molar-refractivity contribution in [2.24, 2.45) is 5.92 Å². The van der Waals surface area contributed by atoms with E-state index in [9.17, 15) is 4.79 Å². The Kier molecular flexibility index (Phi) is 4.89. The molecular weight excluding hydrogens is 290 g/mol. The van der Waals surface area contributed by atoms with Crippen molar-refractivity contribution >= 4 is 17.7 Å². The molecule has 1 unspecified atom stereocenters. The monoisotopic (exact) mass is 309 g/mol. The lowest BCUT2D eigenvalue weighted by Gasteiger charge is -2.16. The summed E-state index contributed by atoms with van der Waals surface area (Å²) in [5, 5.41) is 11.3. The number of carbonyl (C=O) groups excluding carboxylic acids is 1. The van der Waals surface area contributed by atoms with Gasteiger partial charge in [-0.05, 0) is 25.0 Å². The van der Waals surface area contributed by atoms with E-state index in [1.165, 1.54) is 22.7 Å². The van der Waals surface area contributed by atoms with Crippen LogP contribution in [0.4, 0.5) is 0 Å². The molecule has 1 amide bonds. The molecule has 1 atom stereocenters. The lowest BCUT2D eigenvalue weighted by Crippen LogP contribution is -2.37. The van der Waals surface area contributed by atoms with E-state index in [1.54, 1.807) is 12.1 Å². The Morgan fingerprint density at radius 1 is 1.48 bits per heavy atom. The van der Waals surface area contributed by atoms with E-state index in [4.69, 9.17) is 10.3 Å². The highest BCUT2D eigenvalue weighted by atomic mass is 32.2. The first-order valence-corrected chi connectivity index (χ1v) is 7.64. The summed E-state index contributed by atoms with van der Waals surface area (Å²) >= 11 is 1.24. The summed E-state index contributed by atoms with van der Waals surface area (Å²) in [7, 11) is 0. The van der Waals surface area contributed by atoms with Crippen molar-refractivity contribution in [2.75, 3.05) is 11.6 Å². The van der Waals surface area contributed by atoms with E-state index < -0.39 is 0 Å². The van der Waals surface area contributed by atoms with Crippen LogP contribution in [0.15, 0.2) is 28.0 Å². The molecule has 0 radical (unpaired) electrons. The van der Waals surface area contributed by atoms with Crippen molar-refractivity contribution in [3.8, 4) is 11.6 Å². The Labute approximate surface area is 127 Å². The Balaban J connectivity index is 1.94. The molecule has 2 aromatic heterocycles. The maximum absolute atomic E-state index is 11.8. The molecule has 0 aliphatic heterocycles. The van der Waals surface area contributed by atoms with Gasteiger partial charge in [-0.1, -0.05) is 25.6 Å². The van der Waals surface area contributed by atoms with Crippen molar-refractivity contribution in [2.45, 2.75) is 32.0 Å². The largest absolute Gasteiger partial charge is 0.461 e. The normalized spacial score (nSPS) is 12.6. The molecule has 0 saturated carbocycles. The summed E-state index contributed by atoms with van der Waals surface area (Å²) in [6, 6.07) is 3.63. The van der Waals surface area contributed by atoms with Crippen LogP contribution >= 0.6 is 11.8 Å². The van der Waals surface area contributed by atoms with Crippen LogP contribution in [0.3, 0.4) is 0 Å². The molecule has 2 rings (SSSR count). The van der Waals surface area contributed by atoms with Gasteiger partial charge in [0, 0.05) is 6.04 Å². The van der Waals surface area contributed by atoms with Crippen molar-refractivity contribution in [3.63, 3.8) is 0 Å². The molecule has 8 heteroatoms. The SMILES string of the molecule is CC(C)C(C)NC(=O)CSc1nnc(-c2ccco2)n1N. The van der Waals surface area contributed by atoms with Crippen LogP contribution < -0.4 is 11.2 Å². The number of amides is 1. The van der Waals surface area contributed by atoms with Gasteiger partial charge in [0.25, 0.3) is 0 Å². The molecule has 114 valence electrons. The molecule has 3 N–H and O–H groups in total. The Bertz CT molecular complexity index is 594. The summed E-state index contributed by atoms with van der Waals surface area (Å²) in [6.07, 6.45) is 1.54. The van der Waals surface area contributed by atoms with Crippen LogP contribution in [-0.2, 0) is 4.79 Å². The first-order valence-electron chi connectivity index (χ1n) is 6.65. The third-order valence-corrected chi connectivity index (χ3v) is 4.07. The summed E-state index contributed by atoms with van der Waals surface area (Å²) in [5.74, 6) is 7.46. The number of aromatic nitrogens is 3. The third-order valence-electron chi connectivity index (χ3n) is 3.13. The summed E-state index contributed by atoms with van der Waals surface area (Å²) in [4.78, 5) is 11.8. The molecule has 0 aromatic carbocycles. The molecule has 0 spiro atoms. The second-order valence-electron chi connectivity index (χ2n) is 5.04. The van der Waals surface area contributed by atoms with Crippen LogP contribution in [0.25, 0.3) is 11.6 Å². The van der Waals surface area contributed by atoms with Gasteiger partial charge in [-0.15, -0.1) is 10.2 Å². The van der Waals surface area contributed by atoms with Crippen molar-refractivity contribution in [1.29, 1.82) is 0 Å². The molecule has 2 aromatic rings. The number of nitrogens with two attached hydrogens (primary N) is 1. The fraction of sp³-hybridized carbons (Fsp3) is 0.462. The molecule has 7 nitrogen and oxygen atoms in total. The minimum Gasteiger partial charge on any atom is -0.461 e. The van der Waals surface area contributed by atoms with E-state index in [0.717, 1.165) is 0 Å². The third kappa shape index (κ3) is 3.78. The zero-order valence-corrected chi connectivity index (χ0v) is 13.1. The second-order valence-corrected chi connectivity index (χ2v) is 5.98. The maximum atomic E-state index is 11.8. The lowest BCUT2D eigenvalue weighted by molar-refractivity contribution is -0.119. The van der Waals surface area contributed by atoms with Gasteiger partial charge >= 0.3 is 0 Å². The highest BCUT2D eigenvalue weighted by Gasteiger charge is 2.16. The van der Waals surface area contributed by atoms with E-state index in [-0.39, 0.29) is 17.7 Å². The van der Waals surface area contributed by atoms with Crippen LogP contribution in [0.5, 0.6) is 0 Å². The molecule has 21 heavy (non-hydrogen) atoms. The van der Waals surface area contributed by atoms with Crippen LogP contribution in [0, 0.1) is 5.92 Å². The number of hydrogen-bond acceptors (Lipinski definition) is 6. The number of hydrogen-bond donors (Lipinski definition) is 2. The van der Waals surface area contributed by atoms with Crippen LogP contribution in [0.1, 0.15) is 20.8 Å². The number of rotatable bonds is 6. The summed E-state index contributed by atoms with van der Waals surface area (Å²) < 4.78 is 6.55. The van der Waals surface area contributed by atoms with Crippen molar-refractivity contribution in [3.05, 3.63) is 18.4 Å². The van der Waals surface area contributed by atoms with E-state index in [1.807, 2.05) is 6.92 Å². The second kappa shape index (κ2) is 6.66. The van der Waals surface area contributed by atoms with Crippen molar-refractivity contribution < 1.29 is 9.21 Å². The first kappa shape index (κ1) is 15.4. The van der Waals surface area contributed by atoms with Crippen LogP contribution in [-0.4, -0.2) is 32.6 Å². The Hall–Kier alpha value is -1.96. The zero-order valence-electron chi connectivity index (χ0n) is 12.2. The van der Waals surface area contributed by atoms with Crippen LogP contribution in [0.2, 0.25) is 0 Å². The van der Waals surface area contributed by atoms with E-state index in [2.05, 4.69) is 29.4 Å². The minimum absolute atomic E-state index is 0.0521. The molecule has 0 aliphatic rings. The predicted molar refractivity (Wildman–Crippen MR) is 81.0 cm³/mol. The Morgan fingerprint density at radius 2 is 2.24 bits per heavy atom. The van der Waals surface area contributed by atoms with Gasteiger partial charge in [-0.2, -0.15) is 0 Å². The zero-order chi connectivity index (χ0) is 15.4. The lowest BCUT2D eigenvalue weighted by atomic mass is 10.1.